The summed E-state index contributed by atoms with van der Waals surface area (Å²) < 4.78 is 32.3. The number of hydrogen-bond donors (Lipinski definition) is 1. The van der Waals surface area contributed by atoms with Crippen molar-refractivity contribution in [3.63, 3.8) is 0 Å². The lowest BCUT2D eigenvalue weighted by atomic mass is 10.1. The van der Waals surface area contributed by atoms with Crippen LogP contribution in [0.3, 0.4) is 0 Å². The molecule has 3 aromatic rings. The van der Waals surface area contributed by atoms with Crippen molar-refractivity contribution >= 4 is 21.9 Å². The van der Waals surface area contributed by atoms with Gasteiger partial charge in [0.2, 0.25) is 22.7 Å². The summed E-state index contributed by atoms with van der Waals surface area (Å²) in [4.78, 5) is 13.2. The molecule has 0 bridgehead atoms. The van der Waals surface area contributed by atoms with E-state index in [-0.39, 0.29) is 50.7 Å². The summed E-state index contributed by atoms with van der Waals surface area (Å²) in [5.74, 6) is 0.697. The Bertz CT molecular complexity index is 1050. The van der Waals surface area contributed by atoms with Crippen molar-refractivity contribution in [1.82, 2.24) is 0 Å². The van der Waals surface area contributed by atoms with Crippen molar-refractivity contribution in [2.45, 2.75) is 0 Å². The molecule has 8 nitrogen and oxygen atoms in total. The van der Waals surface area contributed by atoms with Gasteiger partial charge in [-0.25, -0.2) is 0 Å². The number of aromatic hydroxyl groups is 1. The normalized spacial score (nSPS) is 10.8. The monoisotopic (exact) mass is 362 g/mol. The minimum Gasteiger partial charge on any atom is -0.504 e. The lowest BCUT2D eigenvalue weighted by molar-refractivity contribution is 0.324. The zero-order valence-electron chi connectivity index (χ0n) is 15.0. The Morgan fingerprint density at radius 1 is 0.808 bits per heavy atom. The summed E-state index contributed by atoms with van der Waals surface area (Å²) in [6.45, 7) is 0. The molecule has 0 aliphatic carbocycles. The van der Waals surface area contributed by atoms with Crippen molar-refractivity contribution in [2.75, 3.05) is 35.5 Å². The molecule has 0 saturated carbocycles. The van der Waals surface area contributed by atoms with Gasteiger partial charge in [-0.2, -0.15) is 0 Å². The molecule has 0 spiro atoms. The Morgan fingerprint density at radius 2 is 1.42 bits per heavy atom. The Balaban J connectivity index is 2.59. The molecule has 3 rings (SSSR count). The Kier molecular flexibility index (Phi) is 4.41. The number of ether oxygens (including phenoxy) is 5. The van der Waals surface area contributed by atoms with Crippen LogP contribution in [0, 0.1) is 0 Å². The molecule has 0 aliphatic rings. The average molecular weight is 362 g/mol. The van der Waals surface area contributed by atoms with Gasteiger partial charge in [0.15, 0.2) is 22.8 Å². The smallest absolute Gasteiger partial charge is 0.208 e. The molecule has 2 aromatic carbocycles. The van der Waals surface area contributed by atoms with Crippen LogP contribution in [0.5, 0.6) is 34.5 Å². The second-order valence-corrected chi connectivity index (χ2v) is 5.29. The fraction of sp³-hybridized carbons (Fsp3) is 0.278. The highest BCUT2D eigenvalue weighted by Crippen LogP contribution is 2.46. The van der Waals surface area contributed by atoms with Gasteiger partial charge in [-0.3, -0.25) is 4.79 Å². The van der Waals surface area contributed by atoms with E-state index in [1.54, 1.807) is 0 Å². The maximum atomic E-state index is 13.2. The maximum absolute atomic E-state index is 13.2. The molecule has 138 valence electrons. The summed E-state index contributed by atoms with van der Waals surface area (Å²) in [6, 6.07) is 2.79. The molecular weight excluding hydrogens is 344 g/mol. The molecule has 0 amide bonds. The third-order valence-electron chi connectivity index (χ3n) is 4.06. The number of hydrogen-bond acceptors (Lipinski definition) is 8. The zero-order chi connectivity index (χ0) is 19.0. The summed E-state index contributed by atoms with van der Waals surface area (Å²) >= 11 is 0. The van der Waals surface area contributed by atoms with E-state index in [4.69, 9.17) is 28.1 Å². The first-order valence-corrected chi connectivity index (χ1v) is 7.55. The van der Waals surface area contributed by atoms with E-state index >= 15 is 0 Å². The predicted octanol–water partition coefficient (Wildman–Crippen LogP) is 2.69. The standard InChI is InChI=1S/C18H18O8/c1-21-11-6-8-13(20)12-10(7-9(19)15(22-2)17(12)24-4)26-14(8)18(25-5)16(11)23-3/h6-7,19H,1-5H3. The number of benzene rings is 2. The summed E-state index contributed by atoms with van der Waals surface area (Å²) in [6.07, 6.45) is 0. The average Bonchev–Trinajstić information content (AvgIpc) is 2.65. The van der Waals surface area contributed by atoms with Gasteiger partial charge in [-0.05, 0) is 6.07 Å². The predicted molar refractivity (Wildman–Crippen MR) is 94.4 cm³/mol. The molecule has 0 saturated heterocycles. The van der Waals surface area contributed by atoms with E-state index in [1.807, 2.05) is 0 Å². The summed E-state index contributed by atoms with van der Waals surface area (Å²) in [5, 5.41) is 10.5. The molecule has 8 heteroatoms. The van der Waals surface area contributed by atoms with Gasteiger partial charge in [0.25, 0.3) is 0 Å². The van der Waals surface area contributed by atoms with Crippen LogP contribution in [0.1, 0.15) is 0 Å². The minimum absolute atomic E-state index is 0.0408. The third kappa shape index (κ3) is 2.33. The van der Waals surface area contributed by atoms with Gasteiger partial charge in [-0.15, -0.1) is 0 Å². The first-order valence-electron chi connectivity index (χ1n) is 7.55. The molecule has 0 radical (unpaired) electrons. The number of phenols is 1. The highest BCUT2D eigenvalue weighted by atomic mass is 16.5. The third-order valence-corrected chi connectivity index (χ3v) is 4.06. The van der Waals surface area contributed by atoms with Crippen LogP contribution in [0.25, 0.3) is 21.9 Å². The van der Waals surface area contributed by atoms with E-state index in [1.165, 1.54) is 47.7 Å². The van der Waals surface area contributed by atoms with Crippen molar-refractivity contribution < 1.29 is 33.2 Å². The SMILES string of the molecule is COc1cc2c(=O)c3c(OC)c(OC)c(O)cc3oc2c(OC)c1OC. The molecule has 0 fully saturated rings. The minimum atomic E-state index is -0.393. The van der Waals surface area contributed by atoms with Crippen molar-refractivity contribution in [1.29, 1.82) is 0 Å². The largest absolute Gasteiger partial charge is 0.504 e. The van der Waals surface area contributed by atoms with Gasteiger partial charge < -0.3 is 33.2 Å². The van der Waals surface area contributed by atoms with E-state index < -0.39 is 5.43 Å². The first kappa shape index (κ1) is 17.5. The van der Waals surface area contributed by atoms with E-state index in [0.717, 1.165) is 0 Å². The Morgan fingerprint density at radius 3 is 1.96 bits per heavy atom. The molecule has 0 atom stereocenters. The molecular formula is C18H18O8. The second kappa shape index (κ2) is 6.55. The fourth-order valence-corrected chi connectivity index (χ4v) is 2.94. The first-order chi connectivity index (χ1) is 12.5. The van der Waals surface area contributed by atoms with E-state index in [0.29, 0.717) is 5.75 Å². The highest BCUT2D eigenvalue weighted by molar-refractivity contribution is 5.99. The summed E-state index contributed by atoms with van der Waals surface area (Å²) in [7, 11) is 7.06. The number of methoxy groups -OCH3 is 5. The number of fused-ring (bicyclic) bond motifs is 2. The lowest BCUT2D eigenvalue weighted by Gasteiger charge is -2.15. The lowest BCUT2D eigenvalue weighted by Crippen LogP contribution is -2.07. The van der Waals surface area contributed by atoms with Crippen LogP contribution in [0.4, 0.5) is 0 Å². The molecule has 0 aliphatic heterocycles. The molecule has 1 aromatic heterocycles. The number of phenolic OH excluding ortho intramolecular Hbond substituents is 1. The second-order valence-electron chi connectivity index (χ2n) is 5.29. The van der Waals surface area contributed by atoms with Crippen LogP contribution in [0.15, 0.2) is 21.3 Å². The van der Waals surface area contributed by atoms with Crippen molar-refractivity contribution in [3.05, 3.63) is 22.4 Å². The van der Waals surface area contributed by atoms with Gasteiger partial charge >= 0.3 is 0 Å². The quantitative estimate of drug-likeness (QED) is 0.692. The van der Waals surface area contributed by atoms with Gasteiger partial charge in [0.05, 0.1) is 40.9 Å². The zero-order valence-corrected chi connectivity index (χ0v) is 15.0. The Labute approximate surface area is 148 Å². The van der Waals surface area contributed by atoms with Crippen LogP contribution >= 0.6 is 0 Å². The van der Waals surface area contributed by atoms with E-state index in [9.17, 15) is 9.90 Å². The van der Waals surface area contributed by atoms with Gasteiger partial charge in [0.1, 0.15) is 11.0 Å². The topological polar surface area (TPSA) is 96.6 Å². The number of rotatable bonds is 5. The van der Waals surface area contributed by atoms with Gasteiger partial charge in [0, 0.05) is 6.07 Å². The van der Waals surface area contributed by atoms with Crippen molar-refractivity contribution in [3.8, 4) is 34.5 Å². The van der Waals surface area contributed by atoms with E-state index in [2.05, 4.69) is 0 Å². The van der Waals surface area contributed by atoms with Crippen LogP contribution < -0.4 is 29.1 Å². The molecule has 26 heavy (non-hydrogen) atoms. The molecule has 0 unspecified atom stereocenters. The Hall–Kier alpha value is -3.29. The van der Waals surface area contributed by atoms with Crippen molar-refractivity contribution in [2.24, 2.45) is 0 Å². The van der Waals surface area contributed by atoms with Crippen LogP contribution in [-0.2, 0) is 0 Å². The van der Waals surface area contributed by atoms with Crippen LogP contribution in [0.2, 0.25) is 0 Å². The highest BCUT2D eigenvalue weighted by Gasteiger charge is 2.25. The van der Waals surface area contributed by atoms with Crippen LogP contribution in [-0.4, -0.2) is 40.7 Å². The molecule has 1 N–H and O–H groups in total. The summed E-state index contributed by atoms with van der Waals surface area (Å²) in [5.41, 5.74) is -0.118. The maximum Gasteiger partial charge on any atom is 0.208 e. The fourth-order valence-electron chi connectivity index (χ4n) is 2.94. The van der Waals surface area contributed by atoms with Gasteiger partial charge in [-0.1, -0.05) is 0 Å². The molecule has 1 heterocycles.